The minimum absolute atomic E-state index is 0.00779. The Kier molecular flexibility index (Phi) is 5.66. The predicted octanol–water partition coefficient (Wildman–Crippen LogP) is 4.57. The van der Waals surface area contributed by atoms with Crippen LogP contribution >= 0.6 is 0 Å². The zero-order chi connectivity index (χ0) is 25.7. The Balaban J connectivity index is 1.30. The number of aryl methyl sites for hydroxylation is 1. The molecule has 2 fully saturated rings. The van der Waals surface area contributed by atoms with Crippen LogP contribution in [0.25, 0.3) is 11.1 Å². The minimum atomic E-state index is -0.0380. The van der Waals surface area contributed by atoms with E-state index in [4.69, 9.17) is 10.5 Å². The summed E-state index contributed by atoms with van der Waals surface area (Å²) in [6, 6.07) is 15.5. The molecular weight excluding hydrogens is 464 g/mol. The van der Waals surface area contributed by atoms with E-state index < -0.39 is 0 Å². The van der Waals surface area contributed by atoms with Crippen molar-refractivity contribution in [2.24, 2.45) is 0 Å². The summed E-state index contributed by atoms with van der Waals surface area (Å²) >= 11 is 0. The molecule has 2 N–H and O–H groups in total. The number of ether oxygens (including phenoxy) is 1. The minimum Gasteiger partial charge on any atom is -0.494 e. The van der Waals surface area contributed by atoms with E-state index in [-0.39, 0.29) is 17.2 Å². The fourth-order valence-electron chi connectivity index (χ4n) is 5.96. The molecule has 1 spiro atoms. The second-order valence-electron chi connectivity index (χ2n) is 10.6. The number of nitrogens with two attached hydrogens (primary N) is 1. The van der Waals surface area contributed by atoms with E-state index in [9.17, 15) is 9.59 Å². The van der Waals surface area contributed by atoms with Crippen LogP contribution in [0.3, 0.4) is 0 Å². The molecule has 6 rings (SSSR count). The number of anilines is 1. The first-order valence-corrected chi connectivity index (χ1v) is 13.0. The van der Waals surface area contributed by atoms with Crippen LogP contribution in [-0.4, -0.2) is 53.3 Å². The zero-order valence-corrected chi connectivity index (χ0v) is 21.4. The first kappa shape index (κ1) is 23.5. The summed E-state index contributed by atoms with van der Waals surface area (Å²) in [7, 11) is 1.64. The van der Waals surface area contributed by atoms with Crippen LogP contribution in [0.1, 0.15) is 63.4 Å². The molecule has 1 aliphatic carbocycles. The Morgan fingerprint density at radius 1 is 1.11 bits per heavy atom. The first-order valence-electron chi connectivity index (χ1n) is 13.0. The molecule has 7 nitrogen and oxygen atoms in total. The van der Waals surface area contributed by atoms with Crippen LogP contribution in [0.4, 0.5) is 5.69 Å². The molecule has 7 heteroatoms. The number of hydrogen-bond acceptors (Lipinski definition) is 5. The lowest BCUT2D eigenvalue weighted by Crippen LogP contribution is -2.43. The Morgan fingerprint density at radius 3 is 2.62 bits per heavy atom. The molecule has 3 aromatic rings. The van der Waals surface area contributed by atoms with Crippen molar-refractivity contribution in [2.45, 2.75) is 44.6 Å². The van der Waals surface area contributed by atoms with Gasteiger partial charge in [-0.25, -0.2) is 4.98 Å². The third kappa shape index (κ3) is 4.02. The van der Waals surface area contributed by atoms with Gasteiger partial charge in [0.2, 0.25) is 0 Å². The fourth-order valence-corrected chi connectivity index (χ4v) is 5.96. The summed E-state index contributed by atoms with van der Waals surface area (Å²) in [4.78, 5) is 34.9. The number of carbonyl (C=O) groups excluding carboxylic acids is 2. The maximum absolute atomic E-state index is 13.6. The number of fused-ring (bicyclic) bond motifs is 2. The molecule has 3 aliphatic rings. The number of pyridine rings is 1. The lowest BCUT2D eigenvalue weighted by Gasteiger charge is -2.35. The average Bonchev–Trinajstić information content (AvgIpc) is 3.46. The van der Waals surface area contributed by atoms with Gasteiger partial charge in [-0.05, 0) is 79.6 Å². The van der Waals surface area contributed by atoms with Crippen molar-refractivity contribution in [3.63, 3.8) is 0 Å². The first-order chi connectivity index (χ1) is 17.9. The van der Waals surface area contributed by atoms with Gasteiger partial charge in [0.15, 0.2) is 0 Å². The second-order valence-corrected chi connectivity index (χ2v) is 10.6. The number of rotatable bonds is 5. The zero-order valence-electron chi connectivity index (χ0n) is 21.4. The highest BCUT2D eigenvalue weighted by atomic mass is 16.5. The van der Waals surface area contributed by atoms with Crippen molar-refractivity contribution in [3.8, 4) is 16.9 Å². The molecule has 0 atom stereocenters. The van der Waals surface area contributed by atoms with E-state index in [1.54, 1.807) is 13.2 Å². The van der Waals surface area contributed by atoms with Gasteiger partial charge in [0.1, 0.15) is 11.4 Å². The third-order valence-electron chi connectivity index (χ3n) is 8.12. The van der Waals surface area contributed by atoms with Gasteiger partial charge in [0.05, 0.1) is 25.0 Å². The van der Waals surface area contributed by atoms with Crippen LogP contribution in [0.5, 0.6) is 5.75 Å². The maximum atomic E-state index is 13.6. The summed E-state index contributed by atoms with van der Waals surface area (Å²) < 4.78 is 5.65. The quantitative estimate of drug-likeness (QED) is 0.523. The molecule has 0 unspecified atom stereocenters. The van der Waals surface area contributed by atoms with Gasteiger partial charge in [0, 0.05) is 36.2 Å². The number of carbonyl (C=O) groups is 2. The van der Waals surface area contributed by atoms with E-state index in [0.29, 0.717) is 30.2 Å². The Hall–Kier alpha value is -3.87. The van der Waals surface area contributed by atoms with Gasteiger partial charge in [-0.2, -0.15) is 0 Å². The molecule has 2 aliphatic heterocycles. The fraction of sp³-hybridized carbons (Fsp3) is 0.367. The molecule has 2 aromatic carbocycles. The molecule has 2 amide bonds. The highest BCUT2D eigenvalue weighted by molar-refractivity contribution is 5.99. The maximum Gasteiger partial charge on any atom is 0.272 e. The number of amides is 2. The number of nitrogen functional groups attached to an aromatic ring is 1. The van der Waals surface area contributed by atoms with E-state index in [1.807, 2.05) is 53.1 Å². The molecule has 1 saturated heterocycles. The van der Waals surface area contributed by atoms with Crippen LogP contribution in [0, 0.1) is 6.92 Å². The van der Waals surface area contributed by atoms with E-state index in [2.05, 4.69) is 11.1 Å². The topological polar surface area (TPSA) is 88.8 Å². The normalized spacial score (nSPS) is 17.7. The average molecular weight is 497 g/mol. The van der Waals surface area contributed by atoms with Crippen molar-refractivity contribution in [1.82, 2.24) is 14.8 Å². The number of benzene rings is 2. The van der Waals surface area contributed by atoms with Gasteiger partial charge in [-0.15, -0.1) is 0 Å². The van der Waals surface area contributed by atoms with Crippen molar-refractivity contribution in [3.05, 3.63) is 76.6 Å². The molecule has 190 valence electrons. The van der Waals surface area contributed by atoms with Crippen molar-refractivity contribution < 1.29 is 14.3 Å². The molecule has 3 heterocycles. The van der Waals surface area contributed by atoms with Crippen LogP contribution < -0.4 is 10.5 Å². The van der Waals surface area contributed by atoms with Gasteiger partial charge in [0.25, 0.3) is 11.8 Å². The standard InChI is InChI=1S/C30H32N4O3/c1-19-8-11-24(31)27(37-2)26(19)20-9-10-22-23(16-20)30(12-13-30)18-34(28(22)35)17-21-6-5-7-25(32-21)29(36)33-14-3-4-15-33/h5-11,16H,3-4,12-15,17-18,31H2,1-2H3. The molecule has 0 radical (unpaired) electrons. The summed E-state index contributed by atoms with van der Waals surface area (Å²) in [5.41, 5.74) is 12.9. The van der Waals surface area contributed by atoms with Crippen LogP contribution in [0.2, 0.25) is 0 Å². The Labute approximate surface area is 217 Å². The van der Waals surface area contributed by atoms with Gasteiger partial charge in [-0.3, -0.25) is 9.59 Å². The SMILES string of the molecule is COc1c(N)ccc(C)c1-c1ccc2c(c1)C1(CC1)CN(Cc1cccc(C(=O)N3CCCC3)n1)C2=O. The lowest BCUT2D eigenvalue weighted by molar-refractivity contribution is 0.0696. The van der Waals surface area contributed by atoms with Crippen molar-refractivity contribution in [2.75, 3.05) is 32.5 Å². The summed E-state index contributed by atoms with van der Waals surface area (Å²) in [6.07, 6.45) is 4.17. The molecule has 37 heavy (non-hydrogen) atoms. The number of methoxy groups -OCH3 is 1. The molecule has 0 bridgehead atoms. The summed E-state index contributed by atoms with van der Waals surface area (Å²) in [5, 5.41) is 0. The smallest absolute Gasteiger partial charge is 0.272 e. The number of likely N-dealkylation sites (tertiary alicyclic amines) is 1. The third-order valence-corrected chi connectivity index (χ3v) is 8.12. The highest BCUT2D eigenvalue weighted by Gasteiger charge is 2.51. The van der Waals surface area contributed by atoms with E-state index in [0.717, 1.165) is 72.3 Å². The largest absolute Gasteiger partial charge is 0.494 e. The van der Waals surface area contributed by atoms with E-state index in [1.165, 1.54) is 0 Å². The monoisotopic (exact) mass is 496 g/mol. The van der Waals surface area contributed by atoms with Gasteiger partial charge < -0.3 is 20.3 Å². The second kappa shape index (κ2) is 8.91. The summed E-state index contributed by atoms with van der Waals surface area (Å²) in [6.45, 7) is 4.67. The van der Waals surface area contributed by atoms with Gasteiger partial charge in [-0.1, -0.05) is 18.2 Å². The predicted molar refractivity (Wildman–Crippen MR) is 143 cm³/mol. The lowest BCUT2D eigenvalue weighted by atomic mass is 9.83. The number of hydrogen-bond donors (Lipinski definition) is 1. The van der Waals surface area contributed by atoms with Gasteiger partial charge >= 0.3 is 0 Å². The number of nitrogens with zero attached hydrogens (tertiary/aromatic N) is 3. The van der Waals surface area contributed by atoms with Crippen molar-refractivity contribution in [1.29, 1.82) is 0 Å². The number of aromatic nitrogens is 1. The molecule has 1 aromatic heterocycles. The highest BCUT2D eigenvalue weighted by Crippen LogP contribution is 2.53. The van der Waals surface area contributed by atoms with Crippen LogP contribution in [0.15, 0.2) is 48.5 Å². The molecular formula is C30H32N4O3. The Morgan fingerprint density at radius 2 is 1.89 bits per heavy atom. The molecule has 1 saturated carbocycles. The van der Waals surface area contributed by atoms with Crippen molar-refractivity contribution >= 4 is 17.5 Å². The van der Waals surface area contributed by atoms with E-state index >= 15 is 0 Å². The Bertz CT molecular complexity index is 1410. The summed E-state index contributed by atoms with van der Waals surface area (Å²) in [5.74, 6) is 0.657. The van der Waals surface area contributed by atoms with Crippen LogP contribution in [-0.2, 0) is 12.0 Å².